The Labute approximate surface area is 138 Å². The molecule has 0 saturated heterocycles. The Bertz CT molecular complexity index is 767. The molecule has 2 aromatic rings. The van der Waals surface area contributed by atoms with Gasteiger partial charge in [-0.25, -0.2) is 9.98 Å². The van der Waals surface area contributed by atoms with Crippen molar-refractivity contribution in [2.75, 3.05) is 26.1 Å². The first-order valence-corrected chi connectivity index (χ1v) is 8.10. The maximum atomic E-state index is 5.34. The summed E-state index contributed by atoms with van der Waals surface area (Å²) in [5, 5.41) is 3.33. The molecule has 6 nitrogen and oxygen atoms in total. The number of nitrogens with one attached hydrogen (secondary N) is 1. The Morgan fingerprint density at radius 1 is 1.17 bits per heavy atom. The summed E-state index contributed by atoms with van der Waals surface area (Å²) in [6, 6.07) is 5.65. The number of amidine groups is 2. The molecular weight excluding hydrogens is 312 g/mol. The van der Waals surface area contributed by atoms with Crippen LogP contribution in [0.15, 0.2) is 33.7 Å². The van der Waals surface area contributed by atoms with Crippen LogP contribution in [0.1, 0.15) is 17.5 Å². The van der Waals surface area contributed by atoms with E-state index >= 15 is 0 Å². The SMILES string of the molecule is COc1ccc(NC2=NC(C)=NCCc3scnc32)cc1OC. The van der Waals surface area contributed by atoms with Gasteiger partial charge in [-0.05, 0) is 19.1 Å². The van der Waals surface area contributed by atoms with Crippen LogP contribution in [0.4, 0.5) is 5.69 Å². The quantitative estimate of drug-likeness (QED) is 0.939. The summed E-state index contributed by atoms with van der Waals surface area (Å²) in [5.74, 6) is 2.79. The summed E-state index contributed by atoms with van der Waals surface area (Å²) in [6.07, 6.45) is 0.879. The number of nitrogens with zero attached hydrogens (tertiary/aromatic N) is 3. The molecule has 7 heteroatoms. The molecule has 0 fully saturated rings. The van der Waals surface area contributed by atoms with Gasteiger partial charge in [-0.3, -0.25) is 4.99 Å². The van der Waals surface area contributed by atoms with Gasteiger partial charge in [0.15, 0.2) is 17.3 Å². The number of fused-ring (bicyclic) bond motifs is 1. The average molecular weight is 330 g/mol. The van der Waals surface area contributed by atoms with Crippen LogP contribution in [0.3, 0.4) is 0 Å². The van der Waals surface area contributed by atoms with Gasteiger partial charge >= 0.3 is 0 Å². The Kier molecular flexibility index (Phi) is 4.57. The van der Waals surface area contributed by atoms with Crippen LogP contribution in [-0.4, -0.2) is 37.4 Å². The number of hydrogen-bond acceptors (Lipinski definition) is 7. The van der Waals surface area contributed by atoms with E-state index < -0.39 is 0 Å². The minimum Gasteiger partial charge on any atom is -0.493 e. The Hall–Kier alpha value is -2.41. The van der Waals surface area contributed by atoms with Crippen LogP contribution < -0.4 is 14.8 Å². The third-order valence-corrected chi connectivity index (χ3v) is 4.36. The number of aliphatic imine (C=N–C) groups is 2. The Morgan fingerprint density at radius 3 is 2.78 bits per heavy atom. The maximum Gasteiger partial charge on any atom is 0.162 e. The molecule has 1 aliphatic rings. The van der Waals surface area contributed by atoms with Crippen molar-refractivity contribution in [3.05, 3.63) is 34.3 Å². The molecule has 0 aliphatic carbocycles. The molecule has 120 valence electrons. The fraction of sp³-hybridized carbons (Fsp3) is 0.312. The average Bonchev–Trinajstić information content (AvgIpc) is 3.00. The summed E-state index contributed by atoms with van der Waals surface area (Å²) >= 11 is 1.63. The van der Waals surface area contributed by atoms with Crippen molar-refractivity contribution in [2.45, 2.75) is 13.3 Å². The summed E-state index contributed by atoms with van der Waals surface area (Å²) in [5.41, 5.74) is 3.59. The van der Waals surface area contributed by atoms with Crippen molar-refractivity contribution in [2.24, 2.45) is 9.98 Å². The number of benzene rings is 1. The molecule has 1 N–H and O–H groups in total. The van der Waals surface area contributed by atoms with Gasteiger partial charge in [-0.2, -0.15) is 0 Å². The molecule has 2 heterocycles. The van der Waals surface area contributed by atoms with Crippen LogP contribution >= 0.6 is 11.3 Å². The van der Waals surface area contributed by atoms with E-state index in [1.54, 1.807) is 25.6 Å². The zero-order chi connectivity index (χ0) is 16.2. The molecule has 0 atom stereocenters. The second kappa shape index (κ2) is 6.78. The van der Waals surface area contributed by atoms with E-state index in [-0.39, 0.29) is 0 Å². The molecule has 1 aliphatic heterocycles. The van der Waals surface area contributed by atoms with Crippen molar-refractivity contribution in [1.82, 2.24) is 4.98 Å². The lowest BCUT2D eigenvalue weighted by Gasteiger charge is -2.14. The Balaban J connectivity index is 1.96. The van der Waals surface area contributed by atoms with E-state index in [4.69, 9.17) is 9.47 Å². The summed E-state index contributed by atoms with van der Waals surface area (Å²) in [7, 11) is 3.23. The highest BCUT2D eigenvalue weighted by Gasteiger charge is 2.16. The van der Waals surface area contributed by atoms with Crippen molar-refractivity contribution < 1.29 is 9.47 Å². The van der Waals surface area contributed by atoms with Gasteiger partial charge in [-0.15, -0.1) is 11.3 Å². The van der Waals surface area contributed by atoms with Gasteiger partial charge in [0.25, 0.3) is 0 Å². The highest BCUT2D eigenvalue weighted by molar-refractivity contribution is 7.10. The van der Waals surface area contributed by atoms with Gasteiger partial charge in [0.2, 0.25) is 0 Å². The highest BCUT2D eigenvalue weighted by Crippen LogP contribution is 2.30. The van der Waals surface area contributed by atoms with E-state index in [1.165, 1.54) is 4.88 Å². The van der Waals surface area contributed by atoms with Crippen LogP contribution in [0, 0.1) is 0 Å². The topological polar surface area (TPSA) is 68.1 Å². The normalized spacial score (nSPS) is 14.0. The molecule has 0 unspecified atom stereocenters. The summed E-state index contributed by atoms with van der Waals surface area (Å²) < 4.78 is 10.6. The van der Waals surface area contributed by atoms with Crippen LogP contribution in [-0.2, 0) is 6.42 Å². The van der Waals surface area contributed by atoms with Crippen LogP contribution in [0.2, 0.25) is 0 Å². The number of rotatable bonds is 3. The zero-order valence-electron chi connectivity index (χ0n) is 13.3. The molecule has 0 bridgehead atoms. The van der Waals surface area contributed by atoms with Crippen molar-refractivity contribution >= 4 is 28.7 Å². The third kappa shape index (κ3) is 3.34. The summed E-state index contributed by atoms with van der Waals surface area (Å²) in [4.78, 5) is 14.7. The Morgan fingerprint density at radius 2 is 2.00 bits per heavy atom. The van der Waals surface area contributed by atoms with E-state index in [1.807, 2.05) is 30.6 Å². The minimum atomic E-state index is 0.660. The monoisotopic (exact) mass is 330 g/mol. The fourth-order valence-corrected chi connectivity index (χ4v) is 3.10. The molecule has 1 aromatic carbocycles. The number of ether oxygens (including phenoxy) is 2. The molecule has 23 heavy (non-hydrogen) atoms. The number of thiazole rings is 1. The predicted octanol–water partition coefficient (Wildman–Crippen LogP) is 2.99. The fourth-order valence-electron chi connectivity index (χ4n) is 2.35. The maximum absolute atomic E-state index is 5.34. The van der Waals surface area contributed by atoms with Crippen molar-refractivity contribution in [1.29, 1.82) is 0 Å². The second-order valence-corrected chi connectivity index (χ2v) is 5.90. The lowest BCUT2D eigenvalue weighted by molar-refractivity contribution is 0.355. The van der Waals surface area contributed by atoms with Crippen molar-refractivity contribution in [3.63, 3.8) is 0 Å². The number of anilines is 1. The number of aromatic nitrogens is 1. The highest BCUT2D eigenvalue weighted by atomic mass is 32.1. The second-order valence-electron chi connectivity index (χ2n) is 4.96. The molecular formula is C16H18N4O2S. The van der Waals surface area contributed by atoms with Crippen LogP contribution in [0.25, 0.3) is 0 Å². The first-order valence-electron chi connectivity index (χ1n) is 7.23. The number of hydrogen-bond donors (Lipinski definition) is 1. The number of methoxy groups -OCH3 is 2. The molecule has 0 spiro atoms. The molecule has 1 aromatic heterocycles. The molecule has 3 rings (SSSR count). The van der Waals surface area contributed by atoms with E-state index in [9.17, 15) is 0 Å². The largest absolute Gasteiger partial charge is 0.493 e. The molecule has 0 radical (unpaired) electrons. The van der Waals surface area contributed by atoms with Gasteiger partial charge in [0, 0.05) is 29.6 Å². The molecule has 0 amide bonds. The van der Waals surface area contributed by atoms with Gasteiger partial charge in [0.1, 0.15) is 11.5 Å². The zero-order valence-corrected chi connectivity index (χ0v) is 14.1. The van der Waals surface area contributed by atoms with E-state index in [2.05, 4.69) is 20.3 Å². The van der Waals surface area contributed by atoms with E-state index in [0.29, 0.717) is 17.3 Å². The van der Waals surface area contributed by atoms with Crippen molar-refractivity contribution in [3.8, 4) is 11.5 Å². The van der Waals surface area contributed by atoms with Gasteiger partial charge < -0.3 is 14.8 Å². The van der Waals surface area contributed by atoms with Gasteiger partial charge in [-0.1, -0.05) is 0 Å². The lowest BCUT2D eigenvalue weighted by Crippen LogP contribution is -2.19. The smallest absolute Gasteiger partial charge is 0.162 e. The first kappa shape index (κ1) is 15.5. The third-order valence-electron chi connectivity index (χ3n) is 3.46. The summed E-state index contributed by atoms with van der Waals surface area (Å²) in [6.45, 7) is 2.64. The minimum absolute atomic E-state index is 0.660. The lowest BCUT2D eigenvalue weighted by atomic mass is 10.2. The predicted molar refractivity (Wildman–Crippen MR) is 93.5 cm³/mol. The first-order chi connectivity index (χ1) is 11.2. The van der Waals surface area contributed by atoms with Crippen LogP contribution in [0.5, 0.6) is 11.5 Å². The standard InChI is InChI=1S/C16H18N4O2S/c1-10-17-7-6-14-15(18-9-23-14)16(19-10)20-11-4-5-12(21-2)13(8-11)22-3/h4-5,8-9H,6-7H2,1-3H3,(H,17,19,20). The van der Waals surface area contributed by atoms with Gasteiger partial charge in [0.05, 0.1) is 19.7 Å². The molecule has 0 saturated carbocycles. The van der Waals surface area contributed by atoms with E-state index in [0.717, 1.165) is 30.2 Å².